The maximum absolute atomic E-state index is 4.96. The van der Waals surface area contributed by atoms with Crippen LogP contribution in [0, 0.1) is 0 Å². The first kappa shape index (κ1) is 37.4. The Morgan fingerprint density at radius 2 is 1.06 bits per heavy atom. The molecule has 0 fully saturated rings. The lowest BCUT2D eigenvalue weighted by molar-refractivity contribution is 1.16. The summed E-state index contributed by atoms with van der Waals surface area (Å²) in [6.07, 6.45) is 16.5. The van der Waals surface area contributed by atoms with Crippen LogP contribution in [0.15, 0.2) is 213 Å². The van der Waals surface area contributed by atoms with Crippen molar-refractivity contribution >= 4 is 49.4 Å². The molecule has 0 amide bonds. The van der Waals surface area contributed by atoms with Crippen molar-refractivity contribution in [3.8, 4) is 55.9 Å². The molecule has 0 bridgehead atoms. The van der Waals surface area contributed by atoms with E-state index >= 15 is 0 Å². The number of hydrogen-bond donors (Lipinski definition) is 0. The normalized spacial score (nSPS) is 12.5. The summed E-state index contributed by atoms with van der Waals surface area (Å²) in [6, 6.07) is 57.4. The minimum absolute atomic E-state index is 0.899. The first-order valence-electron chi connectivity index (χ1n) is 21.8. The van der Waals surface area contributed by atoms with Crippen LogP contribution in [0.3, 0.4) is 0 Å². The van der Waals surface area contributed by atoms with Crippen LogP contribution in [0.4, 0.5) is 0 Å². The van der Waals surface area contributed by atoms with E-state index in [1.165, 1.54) is 22.3 Å². The molecule has 0 spiro atoms. The molecule has 0 N–H and O–H groups in total. The monoisotopic (exact) mass is 819 g/mol. The van der Waals surface area contributed by atoms with Gasteiger partial charge in [-0.05, 0) is 166 Å². The van der Waals surface area contributed by atoms with Gasteiger partial charge in [0.1, 0.15) is 0 Å². The molecule has 0 radical (unpaired) electrons. The summed E-state index contributed by atoms with van der Waals surface area (Å²) in [4.78, 5) is 14.3. The van der Waals surface area contributed by atoms with E-state index in [1.807, 2.05) is 62.1 Å². The predicted molar refractivity (Wildman–Crippen MR) is 266 cm³/mol. The number of allylic oxidation sites excluding steroid dienone is 5. The van der Waals surface area contributed by atoms with Crippen LogP contribution in [0.1, 0.15) is 23.6 Å². The maximum atomic E-state index is 4.96. The van der Waals surface area contributed by atoms with Gasteiger partial charge in [0.25, 0.3) is 0 Å². The Balaban J connectivity index is 0.946. The number of nitrogens with zero attached hydrogens (tertiary/aromatic N) is 5. The molecule has 64 heavy (non-hydrogen) atoms. The van der Waals surface area contributed by atoms with Gasteiger partial charge in [0.2, 0.25) is 0 Å². The highest BCUT2D eigenvalue weighted by Crippen LogP contribution is 2.43. The number of rotatable bonds is 8. The summed E-state index contributed by atoms with van der Waals surface area (Å²) < 4.78 is 4.75. The minimum Gasteiger partial charge on any atom is -0.308 e. The first-order chi connectivity index (χ1) is 31.6. The summed E-state index contributed by atoms with van der Waals surface area (Å²) >= 11 is 0. The second-order valence-electron chi connectivity index (χ2n) is 16.5. The fourth-order valence-corrected chi connectivity index (χ4v) is 9.78. The zero-order valence-corrected chi connectivity index (χ0v) is 35.3. The van der Waals surface area contributed by atoms with E-state index < -0.39 is 0 Å². The van der Waals surface area contributed by atoms with Gasteiger partial charge in [-0.1, -0.05) is 97.6 Å². The van der Waals surface area contributed by atoms with Crippen LogP contribution in [-0.4, -0.2) is 24.1 Å². The van der Waals surface area contributed by atoms with Crippen molar-refractivity contribution in [1.29, 1.82) is 0 Å². The van der Waals surface area contributed by atoms with Gasteiger partial charge in [-0.25, -0.2) is 0 Å². The van der Waals surface area contributed by atoms with E-state index in [4.69, 9.17) is 9.97 Å². The second-order valence-corrected chi connectivity index (χ2v) is 16.5. The van der Waals surface area contributed by atoms with Crippen molar-refractivity contribution in [3.05, 3.63) is 230 Å². The van der Waals surface area contributed by atoms with Gasteiger partial charge in [-0.2, -0.15) is 0 Å². The summed E-state index contributed by atoms with van der Waals surface area (Å²) in [5, 5.41) is 2.25. The van der Waals surface area contributed by atoms with E-state index in [1.54, 1.807) is 0 Å². The Morgan fingerprint density at radius 3 is 1.64 bits per heavy atom. The van der Waals surface area contributed by atoms with Crippen LogP contribution < -0.4 is 0 Å². The molecule has 11 aromatic rings. The topological polar surface area (TPSA) is 48.5 Å². The standard InChI is InChI=1S/C59H41N5/c1-3-5-11-38(4-2)39-12-6-13-40(30-39)43-21-25-54-52(33-43)58-56(17-9-28-61-58)63(54)48-23-19-45-32-46-20-24-49(36-51(46)50(45)35-48)64-55-26-22-44(34-53(55)59-57(64)18-10-29-62-59)41-14-7-15-42(31-41)47-16-8-27-60-37-47/h3-31,33-37H,2,32H2,1H3/b5-3-,38-11+. The zero-order valence-electron chi connectivity index (χ0n) is 35.3. The Morgan fingerprint density at radius 1 is 0.516 bits per heavy atom. The van der Waals surface area contributed by atoms with Gasteiger partial charge >= 0.3 is 0 Å². The largest absolute Gasteiger partial charge is 0.308 e. The molecule has 0 atom stereocenters. The Hall–Kier alpha value is -8.41. The fourth-order valence-electron chi connectivity index (χ4n) is 9.78. The van der Waals surface area contributed by atoms with Crippen molar-refractivity contribution in [1.82, 2.24) is 24.1 Å². The van der Waals surface area contributed by atoms with Gasteiger partial charge in [-0.3, -0.25) is 15.0 Å². The van der Waals surface area contributed by atoms with Gasteiger partial charge in [0.05, 0.1) is 33.1 Å². The maximum Gasteiger partial charge on any atom is 0.0963 e. The van der Waals surface area contributed by atoms with E-state index in [-0.39, 0.29) is 0 Å². The Bertz CT molecular complexity index is 3730. The van der Waals surface area contributed by atoms with Crippen molar-refractivity contribution in [2.45, 2.75) is 13.3 Å². The van der Waals surface area contributed by atoms with E-state index in [0.29, 0.717) is 0 Å². The highest BCUT2D eigenvalue weighted by molar-refractivity contribution is 6.10. The summed E-state index contributed by atoms with van der Waals surface area (Å²) in [5.41, 5.74) is 22.9. The molecule has 0 saturated heterocycles. The third kappa shape index (κ3) is 6.12. The average Bonchev–Trinajstić information content (AvgIpc) is 4.01. The average molecular weight is 820 g/mol. The quantitative estimate of drug-likeness (QED) is 0.144. The Kier molecular flexibility index (Phi) is 8.87. The van der Waals surface area contributed by atoms with Crippen molar-refractivity contribution in [2.24, 2.45) is 0 Å². The number of pyridine rings is 3. The highest BCUT2D eigenvalue weighted by Gasteiger charge is 2.23. The smallest absolute Gasteiger partial charge is 0.0963 e. The third-order valence-corrected chi connectivity index (χ3v) is 12.8. The molecule has 1 aliphatic rings. The van der Waals surface area contributed by atoms with Crippen LogP contribution in [-0.2, 0) is 6.42 Å². The molecular formula is C59H41N5. The van der Waals surface area contributed by atoms with E-state index in [9.17, 15) is 0 Å². The molecule has 0 aliphatic heterocycles. The molecule has 5 nitrogen and oxygen atoms in total. The van der Waals surface area contributed by atoms with E-state index in [0.717, 1.165) is 106 Å². The second kappa shape index (κ2) is 15.2. The summed E-state index contributed by atoms with van der Waals surface area (Å²) in [6.45, 7) is 6.10. The lowest BCUT2D eigenvalue weighted by Crippen LogP contribution is -1.96. The third-order valence-electron chi connectivity index (χ3n) is 12.8. The summed E-state index contributed by atoms with van der Waals surface area (Å²) in [7, 11) is 0. The molecule has 12 rings (SSSR count). The fraction of sp³-hybridized carbons (Fsp3) is 0.0339. The van der Waals surface area contributed by atoms with Crippen LogP contribution in [0.25, 0.3) is 105 Å². The molecule has 302 valence electrons. The van der Waals surface area contributed by atoms with Gasteiger partial charge in [-0.15, -0.1) is 0 Å². The number of fused-ring (bicyclic) bond motifs is 9. The summed E-state index contributed by atoms with van der Waals surface area (Å²) in [5.74, 6) is 0. The van der Waals surface area contributed by atoms with E-state index in [2.05, 4.69) is 172 Å². The number of benzene rings is 6. The molecule has 0 unspecified atom stereocenters. The van der Waals surface area contributed by atoms with Gasteiger partial charge < -0.3 is 9.13 Å². The highest BCUT2D eigenvalue weighted by atomic mass is 15.0. The van der Waals surface area contributed by atoms with Crippen LogP contribution >= 0.6 is 0 Å². The molecule has 5 heterocycles. The lowest BCUT2D eigenvalue weighted by Gasteiger charge is -2.13. The molecule has 5 aromatic heterocycles. The van der Waals surface area contributed by atoms with Crippen molar-refractivity contribution in [2.75, 3.05) is 0 Å². The zero-order chi connectivity index (χ0) is 42.7. The molecule has 0 saturated carbocycles. The first-order valence-corrected chi connectivity index (χ1v) is 21.8. The van der Waals surface area contributed by atoms with Gasteiger partial charge in [0, 0.05) is 52.5 Å². The van der Waals surface area contributed by atoms with Crippen LogP contribution in [0.2, 0.25) is 0 Å². The molecular weight excluding hydrogens is 779 g/mol. The van der Waals surface area contributed by atoms with Crippen molar-refractivity contribution in [3.63, 3.8) is 0 Å². The van der Waals surface area contributed by atoms with Crippen LogP contribution in [0.5, 0.6) is 0 Å². The Labute approximate surface area is 371 Å². The minimum atomic E-state index is 0.899. The predicted octanol–water partition coefficient (Wildman–Crippen LogP) is 14.8. The van der Waals surface area contributed by atoms with Gasteiger partial charge in [0.15, 0.2) is 0 Å². The number of hydrogen-bond acceptors (Lipinski definition) is 3. The van der Waals surface area contributed by atoms with Crippen molar-refractivity contribution < 1.29 is 0 Å². The lowest BCUT2D eigenvalue weighted by atomic mass is 9.98. The molecule has 5 heteroatoms. The number of aromatic nitrogens is 5. The molecule has 1 aliphatic carbocycles. The SMILES string of the molecule is C=C/C(=C\C=C/C)c1cccc(-c2ccc3c(c2)c2ncccc2n3-c2ccc3c(c2)-c2cc(-n4c5ccc(-c6cccc(-c7cccnc7)c6)cc5c5ncccc54)ccc2C3)c1. The molecule has 6 aromatic carbocycles.